The molecule has 0 aliphatic heterocycles. The van der Waals surface area contributed by atoms with Crippen LogP contribution in [0.25, 0.3) is 10.8 Å². The van der Waals surface area contributed by atoms with Crippen LogP contribution in [-0.4, -0.2) is 9.91 Å². The van der Waals surface area contributed by atoms with Crippen molar-refractivity contribution < 1.29 is 9.31 Å². The Morgan fingerprint density at radius 1 is 1.25 bits per heavy atom. The molecule has 0 aliphatic carbocycles. The SMILES string of the molecule is Cc1ccc2c(Nc3cc(C#N)ccc3F)nccc2c1[N+](=O)[O-]. The number of nitro groups is 1. The molecule has 0 unspecified atom stereocenters. The second-order valence-corrected chi connectivity index (χ2v) is 5.17. The van der Waals surface area contributed by atoms with Crippen LogP contribution in [0.2, 0.25) is 0 Å². The summed E-state index contributed by atoms with van der Waals surface area (Å²) in [5.41, 5.74) is 0.893. The number of anilines is 2. The van der Waals surface area contributed by atoms with Gasteiger partial charge in [0, 0.05) is 17.1 Å². The highest BCUT2D eigenvalue weighted by Gasteiger charge is 2.18. The highest BCUT2D eigenvalue weighted by atomic mass is 19.1. The first-order chi connectivity index (χ1) is 11.5. The van der Waals surface area contributed by atoms with Crippen LogP contribution in [0, 0.1) is 34.2 Å². The summed E-state index contributed by atoms with van der Waals surface area (Å²) in [6, 6.07) is 10.7. The fourth-order valence-corrected chi connectivity index (χ4v) is 2.51. The first-order valence-corrected chi connectivity index (χ1v) is 7.00. The van der Waals surface area contributed by atoms with Crippen molar-refractivity contribution in [1.29, 1.82) is 5.26 Å². The van der Waals surface area contributed by atoms with Crippen molar-refractivity contribution in [1.82, 2.24) is 4.98 Å². The van der Waals surface area contributed by atoms with Crippen LogP contribution in [0.3, 0.4) is 0 Å². The molecule has 0 radical (unpaired) electrons. The molecule has 1 N–H and O–H groups in total. The largest absolute Gasteiger partial charge is 0.337 e. The normalized spacial score (nSPS) is 10.4. The highest BCUT2D eigenvalue weighted by Crippen LogP contribution is 2.33. The van der Waals surface area contributed by atoms with Gasteiger partial charge in [-0.15, -0.1) is 0 Å². The minimum Gasteiger partial charge on any atom is -0.337 e. The number of benzene rings is 2. The van der Waals surface area contributed by atoms with Gasteiger partial charge in [-0.3, -0.25) is 10.1 Å². The summed E-state index contributed by atoms with van der Waals surface area (Å²) in [6.45, 7) is 1.65. The Labute approximate surface area is 136 Å². The van der Waals surface area contributed by atoms with E-state index in [1.807, 2.05) is 6.07 Å². The van der Waals surface area contributed by atoms with Gasteiger partial charge in [-0.2, -0.15) is 5.26 Å². The molecule has 2 aromatic carbocycles. The quantitative estimate of drug-likeness (QED) is 0.576. The second-order valence-electron chi connectivity index (χ2n) is 5.17. The third kappa shape index (κ3) is 2.61. The predicted molar refractivity (Wildman–Crippen MR) is 87.5 cm³/mol. The van der Waals surface area contributed by atoms with Crippen molar-refractivity contribution in [2.24, 2.45) is 0 Å². The van der Waals surface area contributed by atoms with Crippen LogP contribution >= 0.6 is 0 Å². The van der Waals surface area contributed by atoms with Crippen LogP contribution in [0.5, 0.6) is 0 Å². The van der Waals surface area contributed by atoms with Gasteiger partial charge in [0.05, 0.1) is 27.6 Å². The van der Waals surface area contributed by atoms with E-state index < -0.39 is 10.7 Å². The summed E-state index contributed by atoms with van der Waals surface area (Å²) in [6.07, 6.45) is 1.42. The van der Waals surface area contributed by atoms with Crippen LogP contribution in [0.15, 0.2) is 42.6 Å². The number of nitrogens with zero attached hydrogens (tertiary/aromatic N) is 3. The lowest BCUT2D eigenvalue weighted by Crippen LogP contribution is -2.00. The third-order valence-corrected chi connectivity index (χ3v) is 3.65. The van der Waals surface area contributed by atoms with Crippen LogP contribution < -0.4 is 5.32 Å². The maximum absolute atomic E-state index is 14.0. The number of rotatable bonds is 3. The number of nitrogens with one attached hydrogen (secondary N) is 1. The summed E-state index contributed by atoms with van der Waals surface area (Å²) >= 11 is 0. The van der Waals surface area contributed by atoms with E-state index in [-0.39, 0.29) is 17.2 Å². The highest BCUT2D eigenvalue weighted by molar-refractivity contribution is 5.99. The molecular formula is C17H11FN4O2. The maximum Gasteiger partial charge on any atom is 0.280 e. The zero-order chi connectivity index (χ0) is 17.3. The molecule has 0 fully saturated rings. The van der Waals surface area contributed by atoms with Gasteiger partial charge in [-0.05, 0) is 37.3 Å². The zero-order valence-electron chi connectivity index (χ0n) is 12.6. The number of pyridine rings is 1. The second kappa shape index (κ2) is 5.93. The maximum atomic E-state index is 14.0. The van der Waals surface area contributed by atoms with Crippen molar-refractivity contribution in [2.45, 2.75) is 6.92 Å². The molecular weight excluding hydrogens is 311 g/mol. The molecule has 1 aromatic heterocycles. The first kappa shape index (κ1) is 15.4. The monoisotopic (exact) mass is 322 g/mol. The van der Waals surface area contributed by atoms with Crippen molar-refractivity contribution in [2.75, 3.05) is 5.32 Å². The Hall–Kier alpha value is -3.53. The topological polar surface area (TPSA) is 91.8 Å². The van der Waals surface area contributed by atoms with Crippen molar-refractivity contribution >= 4 is 28.0 Å². The van der Waals surface area contributed by atoms with E-state index >= 15 is 0 Å². The van der Waals surface area contributed by atoms with Gasteiger partial charge in [-0.1, -0.05) is 6.07 Å². The van der Waals surface area contributed by atoms with E-state index in [2.05, 4.69) is 10.3 Å². The van der Waals surface area contributed by atoms with Crippen LogP contribution in [0.1, 0.15) is 11.1 Å². The van der Waals surface area contributed by atoms with E-state index in [1.54, 1.807) is 25.1 Å². The molecule has 0 atom stereocenters. The Kier molecular flexibility index (Phi) is 3.80. The van der Waals surface area contributed by atoms with Gasteiger partial charge in [0.1, 0.15) is 11.6 Å². The Balaban J connectivity index is 2.17. The van der Waals surface area contributed by atoms with Crippen molar-refractivity contribution in [3.05, 3.63) is 69.7 Å². The number of fused-ring (bicyclic) bond motifs is 1. The molecule has 0 aliphatic rings. The lowest BCUT2D eigenvalue weighted by Gasteiger charge is -2.11. The Morgan fingerprint density at radius 2 is 2.04 bits per heavy atom. The van der Waals surface area contributed by atoms with Gasteiger partial charge in [0.15, 0.2) is 0 Å². The molecule has 0 saturated heterocycles. The van der Waals surface area contributed by atoms with E-state index in [4.69, 9.17) is 5.26 Å². The molecule has 24 heavy (non-hydrogen) atoms. The summed E-state index contributed by atoms with van der Waals surface area (Å²) < 4.78 is 14.0. The summed E-state index contributed by atoms with van der Waals surface area (Å²) in [5, 5.41) is 24.0. The number of hydrogen-bond acceptors (Lipinski definition) is 5. The average Bonchev–Trinajstić information content (AvgIpc) is 2.56. The zero-order valence-corrected chi connectivity index (χ0v) is 12.6. The molecule has 3 rings (SSSR count). The van der Waals surface area contributed by atoms with E-state index in [0.29, 0.717) is 21.9 Å². The van der Waals surface area contributed by atoms with Gasteiger partial charge < -0.3 is 5.32 Å². The minimum absolute atomic E-state index is 0.0100. The molecule has 1 heterocycles. The number of nitriles is 1. The Bertz CT molecular complexity index is 1010. The van der Waals surface area contributed by atoms with Crippen LogP contribution in [0.4, 0.5) is 21.6 Å². The summed E-state index contributed by atoms with van der Waals surface area (Å²) in [5.74, 6) is -0.265. The fraction of sp³-hybridized carbons (Fsp3) is 0.0588. The number of halogens is 1. The summed E-state index contributed by atoms with van der Waals surface area (Å²) in [7, 11) is 0. The molecule has 0 bridgehead atoms. The van der Waals surface area contributed by atoms with Gasteiger partial charge in [-0.25, -0.2) is 9.37 Å². The van der Waals surface area contributed by atoms with Gasteiger partial charge in [0.2, 0.25) is 0 Å². The molecule has 118 valence electrons. The minimum atomic E-state index is -0.547. The number of aryl methyl sites for hydroxylation is 1. The molecule has 6 nitrogen and oxygen atoms in total. The molecule has 0 spiro atoms. The fourth-order valence-electron chi connectivity index (χ4n) is 2.51. The average molecular weight is 322 g/mol. The van der Waals surface area contributed by atoms with Crippen LogP contribution in [-0.2, 0) is 0 Å². The number of nitro benzene ring substituents is 1. The Morgan fingerprint density at radius 3 is 2.75 bits per heavy atom. The first-order valence-electron chi connectivity index (χ1n) is 7.00. The smallest absolute Gasteiger partial charge is 0.280 e. The third-order valence-electron chi connectivity index (χ3n) is 3.65. The molecule has 0 amide bonds. The number of hydrogen-bond donors (Lipinski definition) is 1. The van der Waals surface area contributed by atoms with Crippen molar-refractivity contribution in [3.8, 4) is 6.07 Å². The van der Waals surface area contributed by atoms with E-state index in [0.717, 1.165) is 0 Å². The lowest BCUT2D eigenvalue weighted by atomic mass is 10.1. The van der Waals surface area contributed by atoms with Gasteiger partial charge >= 0.3 is 0 Å². The van der Waals surface area contributed by atoms with Crippen molar-refractivity contribution in [3.63, 3.8) is 0 Å². The molecule has 0 saturated carbocycles. The standard InChI is InChI=1S/C17H11FN4O2/c1-10-2-4-13-12(16(10)22(23)24)6-7-20-17(13)21-15-8-11(9-19)3-5-14(15)18/h2-8H,1H3,(H,20,21). The number of aromatic nitrogens is 1. The van der Waals surface area contributed by atoms with Gasteiger partial charge in [0.25, 0.3) is 5.69 Å². The van der Waals surface area contributed by atoms with E-state index in [1.165, 1.54) is 24.4 Å². The predicted octanol–water partition coefficient (Wildman–Crippen LogP) is 4.21. The summed E-state index contributed by atoms with van der Waals surface area (Å²) in [4.78, 5) is 15.0. The van der Waals surface area contributed by atoms with E-state index in [9.17, 15) is 14.5 Å². The molecule has 3 aromatic rings. The lowest BCUT2D eigenvalue weighted by molar-refractivity contribution is -0.383. The molecule has 7 heteroatoms.